The van der Waals surface area contributed by atoms with E-state index in [1.807, 2.05) is 24.3 Å². The first-order chi connectivity index (χ1) is 10.8. The summed E-state index contributed by atoms with van der Waals surface area (Å²) in [6.45, 7) is 1.26. The fourth-order valence-electron chi connectivity index (χ4n) is 3.27. The molecule has 3 rings (SSSR count). The molecular formula is C17H24ClN3O2. The molecule has 0 unspecified atom stereocenters. The second-order valence-electron chi connectivity index (χ2n) is 6.05. The van der Waals surface area contributed by atoms with Gasteiger partial charge < -0.3 is 15.0 Å². The lowest BCUT2D eigenvalue weighted by atomic mass is 9.83. The van der Waals surface area contributed by atoms with Gasteiger partial charge in [-0.2, -0.15) is 4.98 Å². The summed E-state index contributed by atoms with van der Waals surface area (Å²) in [5.74, 6) is 1.42. The summed E-state index contributed by atoms with van der Waals surface area (Å²) in [6, 6.07) is 7.99. The number of benzene rings is 1. The number of rotatable bonds is 6. The number of nitrogens with two attached hydrogens (primary N) is 1. The zero-order chi connectivity index (χ0) is 15.4. The monoisotopic (exact) mass is 337 g/mol. The summed E-state index contributed by atoms with van der Waals surface area (Å²) in [6.07, 6.45) is 5.57. The summed E-state index contributed by atoms with van der Waals surface area (Å²) in [7, 11) is 1.74. The summed E-state index contributed by atoms with van der Waals surface area (Å²) in [4.78, 5) is 4.68. The van der Waals surface area contributed by atoms with Crippen LogP contribution in [0.1, 0.15) is 43.6 Å². The molecule has 126 valence electrons. The highest BCUT2D eigenvalue weighted by molar-refractivity contribution is 5.85. The Morgan fingerprint density at radius 2 is 1.91 bits per heavy atom. The van der Waals surface area contributed by atoms with E-state index in [-0.39, 0.29) is 17.8 Å². The van der Waals surface area contributed by atoms with Crippen molar-refractivity contribution in [1.29, 1.82) is 0 Å². The number of ether oxygens (including phenoxy) is 1. The first-order valence-corrected chi connectivity index (χ1v) is 7.90. The number of hydrogen-bond donors (Lipinski definition) is 1. The zero-order valence-electron chi connectivity index (χ0n) is 13.5. The Balaban J connectivity index is 0.00000192. The SMILES string of the molecule is COCCC1(c2nc(-c3ccc(CN)cc3)no2)CCCC1.Cl. The molecule has 1 aromatic carbocycles. The molecule has 5 nitrogen and oxygen atoms in total. The van der Waals surface area contributed by atoms with E-state index in [2.05, 4.69) is 10.1 Å². The maximum absolute atomic E-state index is 5.63. The first-order valence-electron chi connectivity index (χ1n) is 7.90. The lowest BCUT2D eigenvalue weighted by Gasteiger charge is -2.23. The third kappa shape index (κ3) is 3.74. The molecule has 1 aliphatic rings. The second kappa shape index (κ2) is 7.90. The average Bonchev–Trinajstić information content (AvgIpc) is 3.23. The number of aromatic nitrogens is 2. The Hall–Kier alpha value is -1.43. The molecule has 2 N–H and O–H groups in total. The van der Waals surface area contributed by atoms with Crippen molar-refractivity contribution in [2.75, 3.05) is 13.7 Å². The molecule has 1 heterocycles. The normalized spacial score (nSPS) is 16.3. The van der Waals surface area contributed by atoms with E-state index < -0.39 is 0 Å². The van der Waals surface area contributed by atoms with Crippen molar-refractivity contribution in [3.63, 3.8) is 0 Å². The smallest absolute Gasteiger partial charge is 0.233 e. The number of hydrogen-bond acceptors (Lipinski definition) is 5. The third-order valence-electron chi connectivity index (χ3n) is 4.67. The topological polar surface area (TPSA) is 74.2 Å². The van der Waals surface area contributed by atoms with Crippen molar-refractivity contribution in [2.45, 2.75) is 44.1 Å². The van der Waals surface area contributed by atoms with E-state index in [1.165, 1.54) is 12.8 Å². The van der Waals surface area contributed by atoms with E-state index in [0.29, 0.717) is 12.4 Å². The van der Waals surface area contributed by atoms with E-state index in [9.17, 15) is 0 Å². The van der Waals surface area contributed by atoms with Gasteiger partial charge in [0.15, 0.2) is 0 Å². The van der Waals surface area contributed by atoms with Gasteiger partial charge in [-0.25, -0.2) is 0 Å². The van der Waals surface area contributed by atoms with Gasteiger partial charge in [0, 0.05) is 25.8 Å². The molecule has 0 saturated heterocycles. The maximum atomic E-state index is 5.63. The molecular weight excluding hydrogens is 314 g/mol. The van der Waals surface area contributed by atoms with Crippen LogP contribution in [0.15, 0.2) is 28.8 Å². The average molecular weight is 338 g/mol. The van der Waals surface area contributed by atoms with Crippen LogP contribution >= 0.6 is 12.4 Å². The van der Waals surface area contributed by atoms with E-state index in [0.717, 1.165) is 42.9 Å². The highest BCUT2D eigenvalue weighted by Gasteiger charge is 2.40. The van der Waals surface area contributed by atoms with Crippen LogP contribution < -0.4 is 5.73 Å². The molecule has 0 aliphatic heterocycles. The fraction of sp³-hybridized carbons (Fsp3) is 0.529. The van der Waals surface area contributed by atoms with Crippen molar-refractivity contribution in [1.82, 2.24) is 10.1 Å². The summed E-state index contributed by atoms with van der Waals surface area (Å²) >= 11 is 0. The Bertz CT molecular complexity index is 607. The van der Waals surface area contributed by atoms with Crippen LogP contribution in [0.25, 0.3) is 11.4 Å². The molecule has 1 aromatic heterocycles. The Morgan fingerprint density at radius 3 is 2.52 bits per heavy atom. The van der Waals surface area contributed by atoms with Crippen LogP contribution in [-0.4, -0.2) is 23.9 Å². The molecule has 0 atom stereocenters. The van der Waals surface area contributed by atoms with Gasteiger partial charge in [0.1, 0.15) is 0 Å². The molecule has 2 aromatic rings. The van der Waals surface area contributed by atoms with Crippen LogP contribution in [0.4, 0.5) is 0 Å². The quantitative estimate of drug-likeness (QED) is 0.873. The standard InChI is InChI=1S/C17H23N3O2.ClH/c1-21-11-10-17(8-2-3-9-17)16-19-15(20-22-16)14-6-4-13(12-18)5-7-14;/h4-7H,2-3,8-12,18H2,1H3;1H. The molecule has 0 radical (unpaired) electrons. The largest absolute Gasteiger partial charge is 0.385 e. The molecule has 1 saturated carbocycles. The summed E-state index contributed by atoms with van der Waals surface area (Å²) < 4.78 is 10.9. The number of nitrogens with zero attached hydrogens (tertiary/aromatic N) is 2. The van der Waals surface area contributed by atoms with Gasteiger partial charge in [-0.1, -0.05) is 42.3 Å². The molecule has 1 aliphatic carbocycles. The van der Waals surface area contributed by atoms with Gasteiger partial charge in [-0.05, 0) is 24.8 Å². The van der Waals surface area contributed by atoms with Crippen LogP contribution in [0.5, 0.6) is 0 Å². The zero-order valence-corrected chi connectivity index (χ0v) is 14.3. The van der Waals surface area contributed by atoms with Crippen LogP contribution in [-0.2, 0) is 16.7 Å². The molecule has 1 fully saturated rings. The minimum Gasteiger partial charge on any atom is -0.385 e. The highest BCUT2D eigenvalue weighted by atomic mass is 35.5. The van der Waals surface area contributed by atoms with Crippen molar-refractivity contribution in [2.24, 2.45) is 5.73 Å². The molecule has 0 spiro atoms. The predicted molar refractivity (Wildman–Crippen MR) is 91.5 cm³/mol. The van der Waals surface area contributed by atoms with Gasteiger partial charge in [0.05, 0.1) is 5.41 Å². The van der Waals surface area contributed by atoms with Crippen molar-refractivity contribution in [3.05, 3.63) is 35.7 Å². The molecule has 0 bridgehead atoms. The molecule has 6 heteroatoms. The Kier molecular flexibility index (Phi) is 6.16. The van der Waals surface area contributed by atoms with Gasteiger partial charge in [0.25, 0.3) is 0 Å². The lowest BCUT2D eigenvalue weighted by Crippen LogP contribution is -2.24. The first kappa shape index (κ1) is 17.9. The minimum absolute atomic E-state index is 0. The molecule has 0 amide bonds. The van der Waals surface area contributed by atoms with Crippen molar-refractivity contribution < 1.29 is 9.26 Å². The van der Waals surface area contributed by atoms with Crippen LogP contribution in [0.2, 0.25) is 0 Å². The summed E-state index contributed by atoms with van der Waals surface area (Å²) in [5.41, 5.74) is 7.69. The van der Waals surface area contributed by atoms with Crippen LogP contribution in [0.3, 0.4) is 0 Å². The summed E-state index contributed by atoms with van der Waals surface area (Å²) in [5, 5.41) is 4.18. The second-order valence-corrected chi connectivity index (χ2v) is 6.05. The van der Waals surface area contributed by atoms with E-state index in [1.54, 1.807) is 7.11 Å². The number of halogens is 1. The van der Waals surface area contributed by atoms with Crippen molar-refractivity contribution >= 4 is 12.4 Å². The van der Waals surface area contributed by atoms with E-state index >= 15 is 0 Å². The number of methoxy groups -OCH3 is 1. The maximum Gasteiger partial charge on any atom is 0.233 e. The highest BCUT2D eigenvalue weighted by Crippen LogP contribution is 2.43. The van der Waals surface area contributed by atoms with Gasteiger partial charge in [0.2, 0.25) is 11.7 Å². The van der Waals surface area contributed by atoms with Crippen molar-refractivity contribution in [3.8, 4) is 11.4 Å². The van der Waals surface area contributed by atoms with Gasteiger partial charge >= 0.3 is 0 Å². The third-order valence-corrected chi connectivity index (χ3v) is 4.67. The Labute approximate surface area is 143 Å². The molecule has 23 heavy (non-hydrogen) atoms. The van der Waals surface area contributed by atoms with Crippen LogP contribution in [0, 0.1) is 0 Å². The minimum atomic E-state index is -0.00153. The van der Waals surface area contributed by atoms with E-state index in [4.69, 9.17) is 15.0 Å². The van der Waals surface area contributed by atoms with Gasteiger partial charge in [-0.15, -0.1) is 12.4 Å². The predicted octanol–water partition coefficient (Wildman–Crippen LogP) is 3.47. The fourth-order valence-corrected chi connectivity index (χ4v) is 3.27. The lowest BCUT2D eigenvalue weighted by molar-refractivity contribution is 0.152. The van der Waals surface area contributed by atoms with Gasteiger partial charge in [-0.3, -0.25) is 0 Å². The Morgan fingerprint density at radius 1 is 1.22 bits per heavy atom.